The molecule has 1 aliphatic carbocycles. The number of nitrogens with one attached hydrogen (secondary N) is 9. The smallest absolute Gasteiger partial charge is 0.276 e. The molecule has 24 heteroatoms. The van der Waals surface area contributed by atoms with Crippen LogP contribution in [0.5, 0.6) is 5.75 Å². The summed E-state index contributed by atoms with van der Waals surface area (Å²) in [7, 11) is 5.42. The minimum absolute atomic E-state index is 0.00179. The molecule has 10 amide bonds. The predicted octanol–water partition coefficient (Wildman–Crippen LogP) is 2.71. The van der Waals surface area contributed by atoms with Gasteiger partial charge in [0.25, 0.3) is 5.91 Å². The van der Waals surface area contributed by atoms with Crippen molar-refractivity contribution >= 4 is 59.1 Å². The number of ether oxygens (including phenoxy) is 1. The first-order valence-corrected chi connectivity index (χ1v) is 29.4. The maximum absolute atomic E-state index is 14.4. The summed E-state index contributed by atoms with van der Waals surface area (Å²) in [6.45, 7) is 22.6. The van der Waals surface area contributed by atoms with Gasteiger partial charge >= 0.3 is 0 Å². The Kier molecular flexibility index (Phi) is 24.9. The van der Waals surface area contributed by atoms with Crippen LogP contribution in [0.15, 0.2) is 34.9 Å². The number of hydrogen-bond donors (Lipinski definition) is 9. The number of likely N-dealkylation sites (tertiary alicyclic amines) is 1. The molecule has 2 aliphatic rings. The third-order valence-corrected chi connectivity index (χ3v) is 14.9. The van der Waals surface area contributed by atoms with Crippen LogP contribution in [0.4, 0.5) is 0 Å². The molecular formula is C60H96N12O12. The molecule has 84 heavy (non-hydrogen) atoms. The van der Waals surface area contributed by atoms with Gasteiger partial charge < -0.3 is 66.8 Å². The van der Waals surface area contributed by atoms with Crippen LogP contribution in [0.25, 0.3) is 0 Å². The van der Waals surface area contributed by atoms with E-state index in [-0.39, 0.29) is 86.0 Å². The molecule has 2 aromatic rings. The lowest BCUT2D eigenvalue weighted by Crippen LogP contribution is -2.65. The lowest BCUT2D eigenvalue weighted by molar-refractivity contribution is -0.139. The highest BCUT2D eigenvalue weighted by Gasteiger charge is 2.43. The lowest BCUT2D eigenvalue weighted by Gasteiger charge is -2.44. The van der Waals surface area contributed by atoms with E-state index in [2.05, 4.69) is 52.8 Å². The van der Waals surface area contributed by atoms with Gasteiger partial charge in [-0.15, -0.1) is 0 Å². The number of methoxy groups -OCH3 is 1. The maximum atomic E-state index is 14.4. The summed E-state index contributed by atoms with van der Waals surface area (Å²) in [4.78, 5) is 146. The highest BCUT2D eigenvalue weighted by Crippen LogP contribution is 2.32. The molecule has 9 N–H and O–H groups in total. The third-order valence-electron chi connectivity index (χ3n) is 14.9. The van der Waals surface area contributed by atoms with Gasteiger partial charge in [0.1, 0.15) is 58.8 Å². The number of aryl methyl sites for hydroxylation is 1. The van der Waals surface area contributed by atoms with Crippen molar-refractivity contribution in [3.05, 3.63) is 47.7 Å². The van der Waals surface area contributed by atoms with Crippen LogP contribution in [-0.2, 0) is 49.6 Å². The maximum Gasteiger partial charge on any atom is 0.276 e. The van der Waals surface area contributed by atoms with Crippen molar-refractivity contribution in [2.24, 2.45) is 17.8 Å². The van der Waals surface area contributed by atoms with Crippen molar-refractivity contribution in [2.45, 2.75) is 207 Å². The zero-order chi connectivity index (χ0) is 63.1. The Bertz CT molecular complexity index is 2640. The van der Waals surface area contributed by atoms with Gasteiger partial charge in [-0.1, -0.05) is 53.7 Å². The summed E-state index contributed by atoms with van der Waals surface area (Å²) >= 11 is 0. The van der Waals surface area contributed by atoms with E-state index in [1.807, 2.05) is 60.5 Å². The largest absolute Gasteiger partial charge is 0.497 e. The van der Waals surface area contributed by atoms with Gasteiger partial charge in [-0.2, -0.15) is 0 Å². The quantitative estimate of drug-likeness (QED) is 0.0525. The predicted molar refractivity (Wildman–Crippen MR) is 316 cm³/mol. The fourth-order valence-electron chi connectivity index (χ4n) is 10.2. The van der Waals surface area contributed by atoms with Crippen LogP contribution in [0.2, 0.25) is 0 Å². The Balaban J connectivity index is 1.43. The number of amides is 10. The molecule has 1 aliphatic heterocycles. The number of hydrogen-bond acceptors (Lipinski definition) is 14. The van der Waals surface area contributed by atoms with Crippen LogP contribution in [0.3, 0.4) is 0 Å². The third kappa shape index (κ3) is 20.6. The Labute approximate surface area is 495 Å². The minimum Gasteiger partial charge on any atom is -0.497 e. The van der Waals surface area contributed by atoms with Crippen molar-refractivity contribution in [1.29, 1.82) is 0 Å². The standard InChI is InChI=1S/C60H96N12O12/c1-35(2)29-41(48(74)63-43(31-37(5)6)51(77)69-59(12,13)56(82)70-57(8,9)54(80)61-27-24-47(73)67-60(25-18-26-60)34-71(14)15)66-55(81)58(10,11)68-50(76)42(30-36(3)4)64-49(75)44(32-39-20-22-40(83-16)23-21-39)65-52(78)46-19-17-28-72(46)53(79)45-33-84-38(7)62-45/h20-23,33,35-37,41-44,46H,17-19,24-32,34H2,1-16H3,(H,61,80)(H,63,74)(H,64,75)(H,65,78)(H,66,81)(H,67,73)(H,68,76)(H,69,77)(H,70,82)/t41?,42?,43?,44?,46-/m0/s1. The van der Waals surface area contributed by atoms with Gasteiger partial charge in [0.05, 0.1) is 12.6 Å². The van der Waals surface area contributed by atoms with E-state index in [1.165, 1.54) is 59.8 Å². The summed E-state index contributed by atoms with van der Waals surface area (Å²) in [6, 6.07) is 1.19. The first-order valence-electron chi connectivity index (χ1n) is 29.4. The molecule has 1 saturated heterocycles. The number of oxazole rings is 1. The molecule has 0 bridgehead atoms. The lowest BCUT2D eigenvalue weighted by atomic mass is 9.76. The van der Waals surface area contributed by atoms with Crippen LogP contribution in [0.1, 0.15) is 163 Å². The molecule has 4 rings (SSSR count). The molecule has 2 fully saturated rings. The minimum atomic E-state index is -1.68. The summed E-state index contributed by atoms with van der Waals surface area (Å²) in [5.74, 6) is -5.56. The van der Waals surface area contributed by atoms with Gasteiger partial charge in [-0.3, -0.25) is 47.9 Å². The van der Waals surface area contributed by atoms with Gasteiger partial charge in [0.15, 0.2) is 11.6 Å². The molecule has 5 atom stereocenters. The number of carbonyl (C=O) groups is 10. The topological polar surface area (TPSA) is 321 Å². The first-order chi connectivity index (χ1) is 39.1. The highest BCUT2D eigenvalue weighted by molar-refractivity contribution is 6.01. The summed E-state index contributed by atoms with van der Waals surface area (Å²) < 4.78 is 10.6. The van der Waals surface area contributed by atoms with Gasteiger partial charge in [0.2, 0.25) is 53.2 Å². The van der Waals surface area contributed by atoms with Crippen molar-refractivity contribution in [2.75, 3.05) is 40.8 Å². The summed E-state index contributed by atoms with van der Waals surface area (Å²) in [6.07, 6.45) is 5.34. The second kappa shape index (κ2) is 30.1. The number of rotatable bonds is 31. The van der Waals surface area contributed by atoms with Crippen molar-refractivity contribution in [1.82, 2.24) is 62.6 Å². The number of aromatic nitrogens is 1. The first kappa shape index (κ1) is 69.4. The molecule has 2 heterocycles. The van der Waals surface area contributed by atoms with Gasteiger partial charge in [0, 0.05) is 39.4 Å². The molecule has 0 spiro atoms. The van der Waals surface area contributed by atoms with Crippen molar-refractivity contribution in [3.8, 4) is 5.75 Å². The molecule has 1 aromatic carbocycles. The van der Waals surface area contributed by atoms with E-state index < -0.39 is 100.0 Å². The van der Waals surface area contributed by atoms with Crippen molar-refractivity contribution < 1.29 is 57.1 Å². The molecule has 1 saturated carbocycles. The normalized spacial score (nSPS) is 16.6. The van der Waals surface area contributed by atoms with Crippen LogP contribution in [0, 0.1) is 24.7 Å². The Hall–Kier alpha value is -7.11. The molecule has 1 aromatic heterocycles. The summed E-state index contributed by atoms with van der Waals surface area (Å²) in [5, 5.41) is 25.3. The number of benzene rings is 1. The zero-order valence-electron chi connectivity index (χ0n) is 52.4. The van der Waals surface area contributed by atoms with Gasteiger partial charge in [-0.05, 0) is 142 Å². The van der Waals surface area contributed by atoms with E-state index in [0.717, 1.165) is 19.3 Å². The zero-order valence-corrected chi connectivity index (χ0v) is 52.4. The monoisotopic (exact) mass is 1180 g/mol. The fraction of sp³-hybridized carbons (Fsp3) is 0.683. The Morgan fingerprint density at radius 3 is 1.67 bits per heavy atom. The fourth-order valence-corrected chi connectivity index (χ4v) is 10.2. The molecule has 0 radical (unpaired) electrons. The molecule has 24 nitrogen and oxygen atoms in total. The Morgan fingerprint density at radius 2 is 1.19 bits per heavy atom. The molecule has 4 unspecified atom stereocenters. The molecule has 468 valence electrons. The number of likely N-dealkylation sites (N-methyl/N-ethyl adjacent to an activating group) is 1. The van der Waals surface area contributed by atoms with E-state index in [0.29, 0.717) is 30.7 Å². The van der Waals surface area contributed by atoms with Crippen LogP contribution in [-0.4, -0.2) is 167 Å². The van der Waals surface area contributed by atoms with E-state index in [4.69, 9.17) is 9.15 Å². The van der Waals surface area contributed by atoms with E-state index in [1.54, 1.807) is 31.2 Å². The van der Waals surface area contributed by atoms with Crippen LogP contribution < -0.4 is 52.6 Å². The average Bonchev–Trinajstić information content (AvgIpc) is 2.64. The molecular weight excluding hydrogens is 1080 g/mol. The van der Waals surface area contributed by atoms with E-state index in [9.17, 15) is 47.9 Å². The number of carbonyl (C=O) groups excluding carboxylic acids is 10. The summed E-state index contributed by atoms with van der Waals surface area (Å²) in [5.41, 5.74) is -4.29. The average molecular weight is 1180 g/mol. The van der Waals surface area contributed by atoms with Gasteiger partial charge in [-0.25, -0.2) is 4.98 Å². The van der Waals surface area contributed by atoms with Crippen molar-refractivity contribution in [3.63, 3.8) is 0 Å². The highest BCUT2D eigenvalue weighted by atomic mass is 16.5. The second-order valence-corrected chi connectivity index (χ2v) is 25.8. The Morgan fingerprint density at radius 1 is 0.679 bits per heavy atom. The van der Waals surface area contributed by atoms with E-state index >= 15 is 0 Å². The SMILES string of the molecule is COc1ccc(CC(NC(=O)[C@@H]2CCCN2C(=O)c2coc(C)n2)C(=O)NC(CC(C)C)C(=O)NC(C)(C)C(=O)NC(CC(C)C)C(=O)NC(CC(C)C)C(=O)NC(C)(C)C(=O)NC(C)(C)C(=O)NCCC(=O)NC2(CN(C)C)CCC2)cc1. The van der Waals surface area contributed by atoms with Crippen LogP contribution >= 0.6 is 0 Å². The number of nitrogens with zero attached hydrogens (tertiary/aromatic N) is 3. The second-order valence-electron chi connectivity index (χ2n) is 25.8.